The number of anilines is 1. The smallest absolute Gasteiger partial charge is 0.273 e. The first-order valence-corrected chi connectivity index (χ1v) is 8.52. The number of hydrogen-bond acceptors (Lipinski definition) is 4. The quantitative estimate of drug-likeness (QED) is 0.846. The fourth-order valence-electron chi connectivity index (χ4n) is 3.39. The van der Waals surface area contributed by atoms with Gasteiger partial charge < -0.3 is 16.5 Å². The van der Waals surface area contributed by atoms with E-state index in [0.29, 0.717) is 12.2 Å². The van der Waals surface area contributed by atoms with Crippen LogP contribution in [-0.4, -0.2) is 28.1 Å². The first kappa shape index (κ1) is 21.1. The van der Waals surface area contributed by atoms with Crippen LogP contribution in [0.2, 0.25) is 0 Å². The van der Waals surface area contributed by atoms with Crippen molar-refractivity contribution in [3.8, 4) is 0 Å². The zero-order chi connectivity index (χ0) is 16.2. The van der Waals surface area contributed by atoms with Crippen LogP contribution in [0, 0.1) is 5.92 Å². The Labute approximate surface area is 154 Å². The number of aromatic nitrogens is 2. The van der Waals surface area contributed by atoms with Gasteiger partial charge in [0, 0.05) is 11.9 Å². The third-order valence-corrected chi connectivity index (χ3v) is 4.65. The third kappa shape index (κ3) is 4.58. The van der Waals surface area contributed by atoms with E-state index in [-0.39, 0.29) is 29.5 Å². The average molecular weight is 367 g/mol. The van der Waals surface area contributed by atoms with Gasteiger partial charge in [0.1, 0.15) is 0 Å². The molecule has 1 aliphatic rings. The third-order valence-electron chi connectivity index (χ3n) is 4.65. The summed E-state index contributed by atoms with van der Waals surface area (Å²) >= 11 is 0. The monoisotopic (exact) mass is 366 g/mol. The maximum Gasteiger partial charge on any atom is 0.273 e. The predicted octanol–water partition coefficient (Wildman–Crippen LogP) is 2.68. The summed E-state index contributed by atoms with van der Waals surface area (Å²) in [6.45, 7) is 2.62. The SMILES string of the molecule is CCCNC(=O)c1nnc2c(CC3CCCC3)cccc2c1N.Cl.O. The molecular formula is C18H27ClN4O2. The van der Waals surface area contributed by atoms with Gasteiger partial charge >= 0.3 is 0 Å². The Morgan fingerprint density at radius 2 is 2.00 bits per heavy atom. The van der Waals surface area contributed by atoms with E-state index in [0.717, 1.165) is 29.7 Å². The largest absolute Gasteiger partial charge is 0.412 e. The van der Waals surface area contributed by atoms with E-state index in [2.05, 4.69) is 21.6 Å². The van der Waals surface area contributed by atoms with Gasteiger partial charge in [-0.2, -0.15) is 0 Å². The average Bonchev–Trinajstić information content (AvgIpc) is 3.06. The number of nitrogen functional groups attached to an aromatic ring is 1. The maximum absolute atomic E-state index is 12.1. The molecule has 1 aromatic heterocycles. The lowest BCUT2D eigenvalue weighted by atomic mass is 9.96. The van der Waals surface area contributed by atoms with Gasteiger partial charge in [-0.25, -0.2) is 0 Å². The number of benzene rings is 1. The topological polar surface area (TPSA) is 112 Å². The Morgan fingerprint density at radius 1 is 1.28 bits per heavy atom. The molecular weight excluding hydrogens is 340 g/mol. The highest BCUT2D eigenvalue weighted by molar-refractivity contribution is 6.04. The van der Waals surface area contributed by atoms with E-state index in [1.54, 1.807) is 0 Å². The Bertz CT molecular complexity index is 718. The fourth-order valence-corrected chi connectivity index (χ4v) is 3.39. The van der Waals surface area contributed by atoms with Crippen molar-refractivity contribution >= 4 is 34.9 Å². The molecule has 7 heteroatoms. The summed E-state index contributed by atoms with van der Waals surface area (Å²) in [4.78, 5) is 12.1. The second kappa shape index (κ2) is 9.53. The number of fused-ring (bicyclic) bond motifs is 1. The zero-order valence-corrected chi connectivity index (χ0v) is 15.4. The van der Waals surface area contributed by atoms with Crippen LogP contribution in [0.5, 0.6) is 0 Å². The van der Waals surface area contributed by atoms with Crippen molar-refractivity contribution in [1.82, 2.24) is 15.5 Å². The zero-order valence-electron chi connectivity index (χ0n) is 14.5. The van der Waals surface area contributed by atoms with Crippen LogP contribution in [0.15, 0.2) is 18.2 Å². The van der Waals surface area contributed by atoms with Gasteiger partial charge in [-0.3, -0.25) is 4.79 Å². The lowest BCUT2D eigenvalue weighted by molar-refractivity contribution is 0.0949. The summed E-state index contributed by atoms with van der Waals surface area (Å²) in [5, 5.41) is 12.1. The molecule has 2 aromatic rings. The maximum atomic E-state index is 12.1. The van der Waals surface area contributed by atoms with E-state index in [1.807, 2.05) is 19.1 Å². The van der Waals surface area contributed by atoms with Crippen molar-refractivity contribution in [2.75, 3.05) is 12.3 Å². The highest BCUT2D eigenvalue weighted by Crippen LogP contribution is 2.31. The van der Waals surface area contributed by atoms with Crippen molar-refractivity contribution in [1.29, 1.82) is 0 Å². The Hall–Kier alpha value is -1.92. The van der Waals surface area contributed by atoms with Gasteiger partial charge in [0.2, 0.25) is 0 Å². The molecule has 1 saturated carbocycles. The van der Waals surface area contributed by atoms with E-state index in [1.165, 1.54) is 31.2 Å². The minimum atomic E-state index is -0.250. The number of hydrogen-bond donors (Lipinski definition) is 2. The van der Waals surface area contributed by atoms with Crippen LogP contribution < -0.4 is 11.1 Å². The number of rotatable bonds is 5. The number of carbonyl (C=O) groups excluding carboxylic acids is 1. The van der Waals surface area contributed by atoms with E-state index >= 15 is 0 Å². The number of halogens is 1. The van der Waals surface area contributed by atoms with Gasteiger partial charge in [0.15, 0.2) is 5.69 Å². The first-order valence-electron chi connectivity index (χ1n) is 8.52. The Kier molecular flexibility index (Phi) is 8.06. The van der Waals surface area contributed by atoms with Gasteiger partial charge in [-0.1, -0.05) is 50.8 Å². The lowest BCUT2D eigenvalue weighted by Gasteiger charge is -2.13. The normalized spacial score (nSPS) is 14.0. The molecule has 1 heterocycles. The van der Waals surface area contributed by atoms with Crippen molar-refractivity contribution in [2.45, 2.75) is 45.4 Å². The standard InChI is InChI=1S/C18H24N4O.ClH.H2O/c1-2-10-20-18(23)17-15(19)14-9-5-8-13(16(14)21-22-17)11-12-6-3-4-7-12;;/h5,8-9,12H,2-4,6-7,10-11H2,1H3,(H2,19,21)(H,20,23);1H;1H2. The van der Waals surface area contributed by atoms with E-state index in [4.69, 9.17) is 5.73 Å². The van der Waals surface area contributed by atoms with Crippen LogP contribution >= 0.6 is 12.4 Å². The number of nitrogens with zero attached hydrogens (tertiary/aromatic N) is 2. The molecule has 6 nitrogen and oxygen atoms in total. The fraction of sp³-hybridized carbons (Fsp3) is 0.500. The summed E-state index contributed by atoms with van der Waals surface area (Å²) in [5.41, 5.74) is 8.88. The number of nitrogens with two attached hydrogens (primary N) is 1. The van der Waals surface area contributed by atoms with Crippen molar-refractivity contribution in [3.63, 3.8) is 0 Å². The number of nitrogens with one attached hydrogen (secondary N) is 1. The molecule has 0 aliphatic heterocycles. The molecule has 25 heavy (non-hydrogen) atoms. The van der Waals surface area contributed by atoms with Crippen LogP contribution in [0.25, 0.3) is 10.9 Å². The minimum Gasteiger partial charge on any atom is -0.412 e. The molecule has 0 radical (unpaired) electrons. The Morgan fingerprint density at radius 3 is 2.68 bits per heavy atom. The summed E-state index contributed by atoms with van der Waals surface area (Å²) in [6.07, 6.45) is 7.12. The molecule has 1 aromatic carbocycles. The summed E-state index contributed by atoms with van der Waals surface area (Å²) in [6, 6.07) is 6.03. The van der Waals surface area contributed by atoms with E-state index < -0.39 is 0 Å². The van der Waals surface area contributed by atoms with Crippen LogP contribution in [0.1, 0.15) is 55.1 Å². The molecule has 0 unspecified atom stereocenters. The van der Waals surface area contributed by atoms with Gasteiger partial charge in [0.25, 0.3) is 5.91 Å². The van der Waals surface area contributed by atoms with Crippen molar-refractivity contribution < 1.29 is 10.3 Å². The Balaban J connectivity index is 0.00000156. The first-order chi connectivity index (χ1) is 11.2. The molecule has 0 atom stereocenters. The number of carbonyl (C=O) groups is 1. The highest BCUT2D eigenvalue weighted by atomic mass is 35.5. The van der Waals surface area contributed by atoms with Crippen molar-refractivity contribution in [2.24, 2.45) is 5.92 Å². The van der Waals surface area contributed by atoms with Crippen LogP contribution in [-0.2, 0) is 6.42 Å². The molecule has 1 amide bonds. The summed E-state index contributed by atoms with van der Waals surface area (Å²) in [7, 11) is 0. The molecule has 0 saturated heterocycles. The molecule has 138 valence electrons. The second-order valence-corrected chi connectivity index (χ2v) is 6.39. The molecule has 0 bridgehead atoms. The highest BCUT2D eigenvalue weighted by Gasteiger charge is 2.19. The predicted molar refractivity (Wildman–Crippen MR) is 103 cm³/mol. The van der Waals surface area contributed by atoms with E-state index in [9.17, 15) is 4.79 Å². The van der Waals surface area contributed by atoms with Crippen LogP contribution in [0.4, 0.5) is 5.69 Å². The molecule has 0 spiro atoms. The number of amides is 1. The molecule has 1 fully saturated rings. The second-order valence-electron chi connectivity index (χ2n) is 6.39. The molecule has 3 rings (SSSR count). The summed E-state index contributed by atoms with van der Waals surface area (Å²) in [5.74, 6) is 0.482. The minimum absolute atomic E-state index is 0. The molecule has 5 N–H and O–H groups in total. The van der Waals surface area contributed by atoms with Gasteiger partial charge in [-0.05, 0) is 24.3 Å². The summed E-state index contributed by atoms with van der Waals surface area (Å²) < 4.78 is 0. The van der Waals surface area contributed by atoms with Gasteiger partial charge in [0.05, 0.1) is 11.2 Å². The van der Waals surface area contributed by atoms with Crippen molar-refractivity contribution in [3.05, 3.63) is 29.5 Å². The van der Waals surface area contributed by atoms with Gasteiger partial charge in [-0.15, -0.1) is 22.6 Å². The molecule has 1 aliphatic carbocycles. The van der Waals surface area contributed by atoms with Crippen LogP contribution in [0.3, 0.4) is 0 Å². The lowest BCUT2D eigenvalue weighted by Crippen LogP contribution is -2.26.